The van der Waals surface area contributed by atoms with Crippen molar-refractivity contribution in [1.29, 1.82) is 0 Å². The van der Waals surface area contributed by atoms with Gasteiger partial charge in [0.05, 0.1) is 10.4 Å². The second kappa shape index (κ2) is 9.11. The van der Waals surface area contributed by atoms with Gasteiger partial charge in [-0.05, 0) is 28.5 Å². The topological polar surface area (TPSA) is 67.4 Å². The molecule has 122 valence electrons. The zero-order valence-corrected chi connectivity index (χ0v) is 14.6. The lowest BCUT2D eigenvalue weighted by Gasteiger charge is -2.06. The van der Waals surface area contributed by atoms with Gasteiger partial charge in [-0.1, -0.05) is 6.92 Å². The zero-order valence-electron chi connectivity index (χ0n) is 11.4. The molecule has 1 heterocycles. The third-order valence-electron chi connectivity index (χ3n) is 2.33. The summed E-state index contributed by atoms with van der Waals surface area (Å²) in [4.78, 5) is 1.03. The predicted octanol–water partition coefficient (Wildman–Crippen LogP) is 2.18. The Hall–Kier alpha value is -0.130. The molecule has 0 aliphatic heterocycles. The van der Waals surface area contributed by atoms with Crippen molar-refractivity contribution in [2.45, 2.75) is 24.8 Å². The van der Waals surface area contributed by atoms with Gasteiger partial charge in [-0.15, -0.1) is 11.3 Å². The number of hydrogen-bond donors (Lipinski definition) is 2. The fraction of sp³-hybridized carbons (Fsp3) is 0.636. The van der Waals surface area contributed by atoms with Crippen molar-refractivity contribution in [1.82, 2.24) is 10.0 Å². The molecule has 1 aromatic rings. The van der Waals surface area contributed by atoms with Crippen LogP contribution in [0.25, 0.3) is 0 Å². The number of hydrogen-bond acceptors (Lipinski definition) is 5. The van der Waals surface area contributed by atoms with Crippen LogP contribution < -0.4 is 10.0 Å². The Bertz CT molecular complexity index is 538. The molecule has 21 heavy (non-hydrogen) atoms. The van der Waals surface area contributed by atoms with Crippen molar-refractivity contribution in [3.63, 3.8) is 0 Å². The summed E-state index contributed by atoms with van der Waals surface area (Å²) in [5, 5.41) is 3.11. The molecular weight excluding hydrogens is 390 g/mol. The van der Waals surface area contributed by atoms with E-state index >= 15 is 0 Å². The van der Waals surface area contributed by atoms with E-state index in [1.165, 1.54) is 11.3 Å². The molecule has 5 nitrogen and oxygen atoms in total. The first-order valence-electron chi connectivity index (χ1n) is 6.21. The van der Waals surface area contributed by atoms with Crippen LogP contribution in [0.4, 0.5) is 8.78 Å². The van der Waals surface area contributed by atoms with E-state index in [9.17, 15) is 17.2 Å². The molecule has 0 saturated heterocycles. The van der Waals surface area contributed by atoms with E-state index in [1.807, 2.05) is 6.92 Å². The first kappa shape index (κ1) is 18.9. The maximum absolute atomic E-state index is 12.1. The van der Waals surface area contributed by atoms with E-state index in [0.29, 0.717) is 10.3 Å². The van der Waals surface area contributed by atoms with Crippen LogP contribution in [0.3, 0.4) is 0 Å². The molecule has 0 aliphatic carbocycles. The SMILES string of the molecule is CCNCc1cc(S(=O)(=O)NCCOCC(F)F)c(Br)s1. The highest BCUT2D eigenvalue weighted by atomic mass is 79.9. The lowest BCUT2D eigenvalue weighted by Crippen LogP contribution is -2.28. The number of ether oxygens (including phenoxy) is 1. The van der Waals surface area contributed by atoms with Gasteiger partial charge in [-0.2, -0.15) is 0 Å². The van der Waals surface area contributed by atoms with Crippen LogP contribution in [0, 0.1) is 0 Å². The Morgan fingerprint density at radius 2 is 2.19 bits per heavy atom. The Morgan fingerprint density at radius 3 is 2.81 bits per heavy atom. The van der Waals surface area contributed by atoms with Crippen LogP contribution in [0.5, 0.6) is 0 Å². The third-order valence-corrected chi connectivity index (χ3v) is 6.04. The molecule has 1 aromatic heterocycles. The number of rotatable bonds is 10. The summed E-state index contributed by atoms with van der Waals surface area (Å²) in [6, 6.07) is 1.58. The highest BCUT2D eigenvalue weighted by Crippen LogP contribution is 2.31. The molecule has 0 amide bonds. The van der Waals surface area contributed by atoms with E-state index in [0.717, 1.165) is 11.4 Å². The van der Waals surface area contributed by atoms with Crippen LogP contribution in [0.2, 0.25) is 0 Å². The van der Waals surface area contributed by atoms with Gasteiger partial charge in [-0.25, -0.2) is 21.9 Å². The number of thiophene rings is 1. The molecule has 0 aromatic carbocycles. The van der Waals surface area contributed by atoms with Gasteiger partial charge >= 0.3 is 0 Å². The van der Waals surface area contributed by atoms with Crippen molar-refractivity contribution < 1.29 is 21.9 Å². The van der Waals surface area contributed by atoms with Gasteiger partial charge in [0, 0.05) is 18.0 Å². The molecule has 0 saturated carbocycles. The minimum absolute atomic E-state index is 0.0557. The normalized spacial score (nSPS) is 12.2. The average molecular weight is 407 g/mol. The highest BCUT2D eigenvalue weighted by molar-refractivity contribution is 9.11. The van der Waals surface area contributed by atoms with Gasteiger partial charge < -0.3 is 10.1 Å². The van der Waals surface area contributed by atoms with Gasteiger partial charge in [-0.3, -0.25) is 0 Å². The third kappa shape index (κ3) is 6.66. The molecular formula is C11H17BrF2N2O3S2. The summed E-state index contributed by atoms with van der Waals surface area (Å²) in [5.74, 6) is 0. The maximum atomic E-state index is 12.1. The predicted molar refractivity (Wildman–Crippen MR) is 81.4 cm³/mol. The molecule has 0 bridgehead atoms. The number of halogens is 3. The molecule has 0 unspecified atom stereocenters. The number of sulfonamides is 1. The summed E-state index contributed by atoms with van der Waals surface area (Å²) in [7, 11) is -3.68. The molecule has 1 rings (SSSR count). The lowest BCUT2D eigenvalue weighted by atomic mass is 10.4. The second-order valence-electron chi connectivity index (χ2n) is 3.99. The molecule has 0 spiro atoms. The Kier molecular flexibility index (Phi) is 8.21. The first-order valence-corrected chi connectivity index (χ1v) is 9.30. The van der Waals surface area contributed by atoms with Gasteiger partial charge in [0.25, 0.3) is 6.43 Å². The summed E-state index contributed by atoms with van der Waals surface area (Å²) < 4.78 is 55.3. The fourth-order valence-electron chi connectivity index (χ4n) is 1.41. The van der Waals surface area contributed by atoms with Crippen LogP contribution >= 0.6 is 27.3 Å². The van der Waals surface area contributed by atoms with Crippen molar-refractivity contribution in [2.24, 2.45) is 0 Å². The monoisotopic (exact) mass is 406 g/mol. The molecule has 0 radical (unpaired) electrons. The summed E-state index contributed by atoms with van der Waals surface area (Å²) >= 11 is 4.56. The zero-order chi connectivity index (χ0) is 15.9. The second-order valence-corrected chi connectivity index (χ2v) is 8.18. The van der Waals surface area contributed by atoms with E-state index < -0.39 is 23.1 Å². The van der Waals surface area contributed by atoms with Gasteiger partial charge in [0.2, 0.25) is 10.0 Å². The fourth-order valence-corrected chi connectivity index (χ4v) is 5.08. The number of nitrogens with one attached hydrogen (secondary N) is 2. The molecule has 10 heteroatoms. The first-order chi connectivity index (χ1) is 9.86. The van der Waals surface area contributed by atoms with Crippen LogP contribution in [0.15, 0.2) is 14.7 Å². The van der Waals surface area contributed by atoms with Crippen LogP contribution in [-0.2, 0) is 21.3 Å². The van der Waals surface area contributed by atoms with Crippen LogP contribution in [0.1, 0.15) is 11.8 Å². The van der Waals surface area contributed by atoms with E-state index in [2.05, 4.69) is 30.7 Å². The number of alkyl halides is 2. The van der Waals surface area contributed by atoms with Crippen LogP contribution in [-0.4, -0.2) is 41.1 Å². The van der Waals surface area contributed by atoms with E-state index in [-0.39, 0.29) is 18.0 Å². The Labute approximate surface area is 135 Å². The van der Waals surface area contributed by atoms with Crippen molar-refractivity contribution in [3.05, 3.63) is 14.7 Å². The van der Waals surface area contributed by atoms with Crippen molar-refractivity contribution in [2.75, 3.05) is 26.3 Å². The largest absolute Gasteiger partial charge is 0.374 e. The maximum Gasteiger partial charge on any atom is 0.261 e. The average Bonchev–Trinajstić information content (AvgIpc) is 2.77. The van der Waals surface area contributed by atoms with Crippen molar-refractivity contribution >= 4 is 37.3 Å². The van der Waals surface area contributed by atoms with Gasteiger partial charge in [0.15, 0.2) is 0 Å². The quantitative estimate of drug-likeness (QED) is 0.584. The van der Waals surface area contributed by atoms with Gasteiger partial charge in [0.1, 0.15) is 11.5 Å². The Morgan fingerprint density at radius 1 is 1.48 bits per heavy atom. The van der Waals surface area contributed by atoms with Crippen molar-refractivity contribution in [3.8, 4) is 0 Å². The Balaban J connectivity index is 2.55. The highest BCUT2D eigenvalue weighted by Gasteiger charge is 2.20. The molecule has 0 aliphatic rings. The summed E-state index contributed by atoms with van der Waals surface area (Å²) in [6.45, 7) is 2.48. The standard InChI is InChI=1S/C11H17BrF2N2O3S2/c1-2-15-6-8-5-9(11(12)20-8)21(17,18)16-3-4-19-7-10(13)14/h5,10,15-16H,2-4,6-7H2,1H3. The summed E-state index contributed by atoms with van der Waals surface area (Å²) in [6.07, 6.45) is -2.55. The lowest BCUT2D eigenvalue weighted by molar-refractivity contribution is 0.0199. The summed E-state index contributed by atoms with van der Waals surface area (Å²) in [5.41, 5.74) is 0. The van der Waals surface area contributed by atoms with E-state index in [4.69, 9.17) is 0 Å². The molecule has 2 N–H and O–H groups in total. The smallest absolute Gasteiger partial charge is 0.261 e. The minimum Gasteiger partial charge on any atom is -0.374 e. The minimum atomic E-state index is -3.68. The molecule has 0 atom stereocenters. The molecule has 0 fully saturated rings. The van der Waals surface area contributed by atoms with E-state index in [1.54, 1.807) is 6.07 Å².